The molecule has 0 amide bonds. The normalized spacial score (nSPS) is 10.8. The average Bonchev–Trinajstić information content (AvgIpc) is 2.82. The number of ether oxygens (including phenoxy) is 1. The van der Waals surface area contributed by atoms with E-state index in [0.29, 0.717) is 12.2 Å². The molecule has 1 aromatic heterocycles. The van der Waals surface area contributed by atoms with Crippen molar-refractivity contribution in [3.8, 4) is 5.75 Å². The molecule has 2 aromatic carbocycles. The van der Waals surface area contributed by atoms with E-state index in [0.717, 1.165) is 27.8 Å². The molecule has 0 bridgehead atoms. The molecule has 4 heteroatoms. The number of aromatic nitrogens is 1. The molecule has 4 nitrogen and oxygen atoms in total. The van der Waals surface area contributed by atoms with E-state index in [-0.39, 0.29) is 0 Å². The molecule has 1 N–H and O–H groups in total. The van der Waals surface area contributed by atoms with Crippen LogP contribution < -0.4 is 4.74 Å². The molecule has 0 unspecified atom stereocenters. The number of carbonyl (C=O) groups is 1. The van der Waals surface area contributed by atoms with Gasteiger partial charge in [0, 0.05) is 29.7 Å². The maximum atomic E-state index is 11.4. The summed E-state index contributed by atoms with van der Waals surface area (Å²) in [5.74, 6) is -0.140. The zero-order chi connectivity index (χ0) is 15.7. The van der Waals surface area contributed by atoms with Crippen molar-refractivity contribution < 1.29 is 14.6 Å². The Hall–Kier alpha value is -2.75. The van der Waals surface area contributed by atoms with Crippen molar-refractivity contribution in [3.63, 3.8) is 0 Å². The summed E-state index contributed by atoms with van der Waals surface area (Å²) in [7, 11) is 1.91. The molecule has 0 fully saturated rings. The molecule has 3 aromatic rings. The molecule has 0 saturated carbocycles. The van der Waals surface area contributed by atoms with Crippen LogP contribution in [-0.2, 0) is 13.7 Å². The van der Waals surface area contributed by atoms with Crippen LogP contribution in [-0.4, -0.2) is 15.6 Å². The van der Waals surface area contributed by atoms with Crippen molar-refractivity contribution in [2.24, 2.45) is 7.05 Å². The van der Waals surface area contributed by atoms with Gasteiger partial charge in [0.25, 0.3) is 0 Å². The van der Waals surface area contributed by atoms with E-state index in [9.17, 15) is 9.90 Å². The molecule has 0 aliphatic rings. The van der Waals surface area contributed by atoms with Crippen molar-refractivity contribution in [3.05, 3.63) is 65.4 Å². The predicted octanol–water partition coefficient (Wildman–Crippen LogP) is 3.76. The van der Waals surface area contributed by atoms with Crippen LogP contribution in [0, 0.1) is 6.92 Å². The van der Waals surface area contributed by atoms with Crippen LogP contribution in [0.3, 0.4) is 0 Å². The third kappa shape index (κ3) is 2.55. The summed E-state index contributed by atoms with van der Waals surface area (Å²) in [5.41, 5.74) is 3.20. The second-order valence-corrected chi connectivity index (χ2v) is 5.38. The standard InChI is InChI=1S/C18H17NO3/c1-12-5-3-6-14(9-12)22-11-13-10-19(2)16-8-4-7-15(17(13)16)18(20)21/h3-10H,11H2,1-2H3,(H,20,21). The topological polar surface area (TPSA) is 51.5 Å². The summed E-state index contributed by atoms with van der Waals surface area (Å²) in [6.07, 6.45) is 1.92. The SMILES string of the molecule is Cc1cccc(OCc2cn(C)c3cccc(C(=O)O)c23)c1. The van der Waals surface area contributed by atoms with Crippen LogP contribution in [0.1, 0.15) is 21.5 Å². The van der Waals surface area contributed by atoms with E-state index in [1.54, 1.807) is 12.1 Å². The van der Waals surface area contributed by atoms with Crippen molar-refractivity contribution >= 4 is 16.9 Å². The van der Waals surface area contributed by atoms with Crippen molar-refractivity contribution in [2.75, 3.05) is 0 Å². The first-order valence-electron chi connectivity index (χ1n) is 7.06. The van der Waals surface area contributed by atoms with Gasteiger partial charge in [-0.05, 0) is 36.8 Å². The van der Waals surface area contributed by atoms with Crippen LogP contribution >= 0.6 is 0 Å². The maximum absolute atomic E-state index is 11.4. The Morgan fingerprint density at radius 3 is 2.73 bits per heavy atom. The fraction of sp³-hybridized carbons (Fsp3) is 0.167. The molecule has 112 valence electrons. The molecule has 0 aliphatic heterocycles. The average molecular weight is 295 g/mol. The van der Waals surface area contributed by atoms with E-state index in [2.05, 4.69) is 0 Å². The van der Waals surface area contributed by atoms with Gasteiger partial charge in [0.05, 0.1) is 5.56 Å². The molecule has 0 aliphatic carbocycles. The number of fused-ring (bicyclic) bond motifs is 1. The summed E-state index contributed by atoms with van der Waals surface area (Å²) < 4.78 is 7.75. The first-order valence-corrected chi connectivity index (χ1v) is 7.06. The molecule has 1 heterocycles. The molecule has 0 spiro atoms. The highest BCUT2D eigenvalue weighted by Crippen LogP contribution is 2.26. The molecule has 22 heavy (non-hydrogen) atoms. The van der Waals surface area contributed by atoms with Gasteiger partial charge in [-0.1, -0.05) is 18.2 Å². The molecule has 3 rings (SSSR count). The van der Waals surface area contributed by atoms with Crippen LogP contribution in [0.2, 0.25) is 0 Å². The predicted molar refractivity (Wildman–Crippen MR) is 85.4 cm³/mol. The van der Waals surface area contributed by atoms with Crippen LogP contribution in [0.25, 0.3) is 10.9 Å². The Morgan fingerprint density at radius 1 is 1.23 bits per heavy atom. The van der Waals surface area contributed by atoms with Crippen LogP contribution in [0.15, 0.2) is 48.7 Å². The Balaban J connectivity index is 1.98. The van der Waals surface area contributed by atoms with Crippen molar-refractivity contribution in [1.29, 1.82) is 0 Å². The number of hydrogen-bond acceptors (Lipinski definition) is 2. The van der Waals surface area contributed by atoms with Crippen LogP contribution in [0.5, 0.6) is 5.75 Å². The number of carboxylic acid groups (broad SMARTS) is 1. The van der Waals surface area contributed by atoms with Gasteiger partial charge >= 0.3 is 5.97 Å². The third-order valence-electron chi connectivity index (χ3n) is 3.71. The minimum absolute atomic E-state index is 0.306. The zero-order valence-electron chi connectivity index (χ0n) is 12.5. The lowest BCUT2D eigenvalue weighted by Crippen LogP contribution is -2.00. The number of hydrogen-bond donors (Lipinski definition) is 1. The smallest absolute Gasteiger partial charge is 0.336 e. The molecule has 0 saturated heterocycles. The van der Waals surface area contributed by atoms with E-state index in [1.165, 1.54) is 0 Å². The first-order chi connectivity index (χ1) is 10.6. The minimum atomic E-state index is -0.923. The Morgan fingerprint density at radius 2 is 2.00 bits per heavy atom. The Bertz CT molecular complexity index is 849. The van der Waals surface area contributed by atoms with Gasteiger partial charge in [-0.2, -0.15) is 0 Å². The summed E-state index contributed by atoms with van der Waals surface area (Å²) in [4.78, 5) is 11.4. The lowest BCUT2D eigenvalue weighted by Gasteiger charge is -2.07. The monoisotopic (exact) mass is 295 g/mol. The van der Waals surface area contributed by atoms with Gasteiger partial charge in [0.1, 0.15) is 12.4 Å². The molecular weight excluding hydrogens is 278 g/mol. The van der Waals surface area contributed by atoms with Gasteiger partial charge in [-0.25, -0.2) is 4.79 Å². The lowest BCUT2D eigenvalue weighted by molar-refractivity contribution is 0.0699. The summed E-state index contributed by atoms with van der Waals surface area (Å²) in [6.45, 7) is 2.35. The van der Waals surface area contributed by atoms with E-state index in [4.69, 9.17) is 4.74 Å². The van der Waals surface area contributed by atoms with Crippen LogP contribution in [0.4, 0.5) is 0 Å². The first kappa shape index (κ1) is 14.2. The second-order valence-electron chi connectivity index (χ2n) is 5.38. The molecule has 0 radical (unpaired) electrons. The van der Waals surface area contributed by atoms with Gasteiger partial charge < -0.3 is 14.4 Å². The fourth-order valence-corrected chi connectivity index (χ4v) is 2.69. The third-order valence-corrected chi connectivity index (χ3v) is 3.71. The zero-order valence-corrected chi connectivity index (χ0v) is 12.5. The summed E-state index contributed by atoms with van der Waals surface area (Å²) >= 11 is 0. The lowest BCUT2D eigenvalue weighted by atomic mass is 10.1. The van der Waals surface area contributed by atoms with E-state index >= 15 is 0 Å². The van der Waals surface area contributed by atoms with E-state index < -0.39 is 5.97 Å². The van der Waals surface area contributed by atoms with Gasteiger partial charge in [-0.3, -0.25) is 0 Å². The highest BCUT2D eigenvalue weighted by Gasteiger charge is 2.15. The van der Waals surface area contributed by atoms with Crippen molar-refractivity contribution in [1.82, 2.24) is 4.57 Å². The minimum Gasteiger partial charge on any atom is -0.489 e. The highest BCUT2D eigenvalue weighted by molar-refractivity contribution is 6.04. The van der Waals surface area contributed by atoms with Gasteiger partial charge in [0.15, 0.2) is 0 Å². The molecule has 0 atom stereocenters. The van der Waals surface area contributed by atoms with Gasteiger partial charge in [-0.15, -0.1) is 0 Å². The van der Waals surface area contributed by atoms with Gasteiger partial charge in [0.2, 0.25) is 0 Å². The summed E-state index contributed by atoms with van der Waals surface area (Å²) in [6, 6.07) is 13.1. The number of nitrogens with zero attached hydrogens (tertiary/aromatic N) is 1. The number of rotatable bonds is 4. The Kier molecular flexibility index (Phi) is 3.59. The summed E-state index contributed by atoms with van der Waals surface area (Å²) in [5, 5.41) is 10.1. The number of benzene rings is 2. The molecular formula is C18H17NO3. The maximum Gasteiger partial charge on any atom is 0.336 e. The number of aryl methyl sites for hydroxylation is 2. The quantitative estimate of drug-likeness (QED) is 0.797. The van der Waals surface area contributed by atoms with E-state index in [1.807, 2.05) is 55.1 Å². The number of aromatic carboxylic acids is 1. The largest absolute Gasteiger partial charge is 0.489 e. The second kappa shape index (κ2) is 5.56. The van der Waals surface area contributed by atoms with Crippen molar-refractivity contribution in [2.45, 2.75) is 13.5 Å². The Labute approximate surface area is 128 Å². The fourth-order valence-electron chi connectivity index (χ4n) is 2.69. The highest BCUT2D eigenvalue weighted by atomic mass is 16.5. The number of carboxylic acids is 1.